The van der Waals surface area contributed by atoms with Gasteiger partial charge in [0, 0.05) is 16.6 Å². The number of benzene rings is 2. The minimum Gasteiger partial charge on any atom is -0.457 e. The summed E-state index contributed by atoms with van der Waals surface area (Å²) in [5.74, 6) is 0.963. The van der Waals surface area contributed by atoms with Gasteiger partial charge in [-0.05, 0) is 30.3 Å². The zero-order valence-corrected chi connectivity index (χ0v) is 11.1. The van der Waals surface area contributed by atoms with E-state index in [1.165, 1.54) is 18.2 Å². The van der Waals surface area contributed by atoms with Crippen molar-refractivity contribution in [1.29, 1.82) is 5.26 Å². The van der Waals surface area contributed by atoms with E-state index >= 15 is 0 Å². The molecule has 5 nitrogen and oxygen atoms in total. The molecule has 0 amide bonds. The summed E-state index contributed by atoms with van der Waals surface area (Å²) in [6.45, 7) is 0. The fraction of sp³-hybridized carbons (Fsp3) is 0. The third-order valence-corrected chi connectivity index (χ3v) is 2.86. The fourth-order valence-corrected chi connectivity index (χ4v) is 1.73. The van der Waals surface area contributed by atoms with Crippen LogP contribution < -0.4 is 4.74 Å². The third kappa shape index (κ3) is 3.09. The van der Waals surface area contributed by atoms with Crippen LogP contribution in [0.25, 0.3) is 0 Å². The van der Waals surface area contributed by atoms with Crippen LogP contribution in [-0.4, -0.2) is 4.92 Å². The zero-order valence-electron chi connectivity index (χ0n) is 9.54. The average molecular weight is 319 g/mol. The molecule has 0 fully saturated rings. The number of nitro groups is 1. The molecule has 0 aliphatic rings. The number of halogens is 1. The van der Waals surface area contributed by atoms with Crippen LogP contribution in [0.15, 0.2) is 46.9 Å². The predicted molar refractivity (Wildman–Crippen MR) is 72.0 cm³/mol. The van der Waals surface area contributed by atoms with Crippen molar-refractivity contribution in [1.82, 2.24) is 0 Å². The maximum absolute atomic E-state index is 10.7. The Morgan fingerprint density at radius 1 is 1.16 bits per heavy atom. The summed E-state index contributed by atoms with van der Waals surface area (Å²) in [6, 6.07) is 13.0. The number of nitro benzene ring substituents is 1. The second-order valence-corrected chi connectivity index (χ2v) is 4.52. The van der Waals surface area contributed by atoms with Gasteiger partial charge < -0.3 is 4.74 Å². The van der Waals surface area contributed by atoms with Crippen LogP contribution in [0.5, 0.6) is 11.5 Å². The number of rotatable bonds is 3. The van der Waals surface area contributed by atoms with Gasteiger partial charge in [0.2, 0.25) is 0 Å². The highest BCUT2D eigenvalue weighted by atomic mass is 79.9. The maximum atomic E-state index is 10.7. The number of hydrogen-bond acceptors (Lipinski definition) is 4. The molecule has 6 heteroatoms. The second-order valence-electron chi connectivity index (χ2n) is 3.60. The highest BCUT2D eigenvalue weighted by Gasteiger charge is 2.14. The first kappa shape index (κ1) is 13.1. The Kier molecular flexibility index (Phi) is 3.78. The number of ether oxygens (including phenoxy) is 1. The van der Waals surface area contributed by atoms with Gasteiger partial charge >= 0.3 is 0 Å². The van der Waals surface area contributed by atoms with Gasteiger partial charge in [0.1, 0.15) is 23.1 Å². The van der Waals surface area contributed by atoms with E-state index in [-0.39, 0.29) is 11.3 Å². The molecular formula is C13H7BrN2O3. The summed E-state index contributed by atoms with van der Waals surface area (Å²) < 4.78 is 6.43. The van der Waals surface area contributed by atoms with Crippen LogP contribution in [0.2, 0.25) is 0 Å². The SMILES string of the molecule is N#Cc1cc(Oc2ccc(Br)cc2)ccc1[N+](=O)[O-]. The van der Waals surface area contributed by atoms with Gasteiger partial charge in [0.05, 0.1) is 4.92 Å². The average Bonchev–Trinajstić information content (AvgIpc) is 2.41. The molecule has 2 aromatic carbocycles. The first-order valence-corrected chi connectivity index (χ1v) is 6.01. The van der Waals surface area contributed by atoms with Crippen molar-refractivity contribution in [2.24, 2.45) is 0 Å². The Labute approximate surface area is 117 Å². The highest BCUT2D eigenvalue weighted by Crippen LogP contribution is 2.27. The molecule has 0 radical (unpaired) electrons. The topological polar surface area (TPSA) is 76.2 Å². The third-order valence-electron chi connectivity index (χ3n) is 2.33. The van der Waals surface area contributed by atoms with Gasteiger partial charge in [-0.3, -0.25) is 10.1 Å². The zero-order chi connectivity index (χ0) is 13.8. The van der Waals surface area contributed by atoms with Crippen molar-refractivity contribution in [2.45, 2.75) is 0 Å². The van der Waals surface area contributed by atoms with E-state index in [1.54, 1.807) is 18.2 Å². The lowest BCUT2D eigenvalue weighted by Gasteiger charge is -2.06. The summed E-state index contributed by atoms with van der Waals surface area (Å²) >= 11 is 3.31. The van der Waals surface area contributed by atoms with Gasteiger partial charge in [-0.25, -0.2) is 0 Å². The molecule has 0 spiro atoms. The summed E-state index contributed by atoms with van der Waals surface area (Å²) in [6.07, 6.45) is 0. The molecule has 0 N–H and O–H groups in total. The van der Waals surface area contributed by atoms with Crippen LogP contribution in [-0.2, 0) is 0 Å². The number of hydrogen-bond donors (Lipinski definition) is 0. The largest absolute Gasteiger partial charge is 0.457 e. The van der Waals surface area contributed by atoms with Crippen LogP contribution >= 0.6 is 15.9 Å². The van der Waals surface area contributed by atoms with Crippen LogP contribution in [0.3, 0.4) is 0 Å². The standard InChI is InChI=1S/C13H7BrN2O3/c14-10-1-3-11(4-2-10)19-12-5-6-13(16(17)18)9(7-12)8-15/h1-7H. The first-order chi connectivity index (χ1) is 9.10. The molecule has 0 aromatic heterocycles. The number of nitrogens with zero attached hydrogens (tertiary/aromatic N) is 2. The van der Waals surface area contributed by atoms with Crippen molar-refractivity contribution >= 4 is 21.6 Å². The molecule has 94 valence electrons. The molecule has 0 heterocycles. The molecule has 0 bridgehead atoms. The molecule has 0 aliphatic heterocycles. The predicted octanol–water partition coefficient (Wildman–Crippen LogP) is 4.02. The Hall–Kier alpha value is -2.39. The molecule has 0 saturated carbocycles. The Morgan fingerprint density at radius 3 is 2.37 bits per heavy atom. The van der Waals surface area contributed by atoms with Crippen LogP contribution in [0.4, 0.5) is 5.69 Å². The van der Waals surface area contributed by atoms with E-state index in [1.807, 2.05) is 12.1 Å². The Balaban J connectivity index is 2.29. The van der Waals surface area contributed by atoms with Crippen molar-refractivity contribution < 1.29 is 9.66 Å². The van der Waals surface area contributed by atoms with E-state index in [2.05, 4.69) is 15.9 Å². The highest BCUT2D eigenvalue weighted by molar-refractivity contribution is 9.10. The van der Waals surface area contributed by atoms with Gasteiger partial charge in [-0.2, -0.15) is 5.26 Å². The lowest BCUT2D eigenvalue weighted by atomic mass is 10.2. The van der Waals surface area contributed by atoms with Gasteiger partial charge in [0.15, 0.2) is 0 Å². The van der Waals surface area contributed by atoms with Crippen molar-refractivity contribution in [3.8, 4) is 17.6 Å². The normalized spacial score (nSPS) is 9.68. The molecule has 0 aliphatic carbocycles. The van der Waals surface area contributed by atoms with Gasteiger partial charge in [-0.1, -0.05) is 15.9 Å². The molecular weight excluding hydrogens is 312 g/mol. The maximum Gasteiger partial charge on any atom is 0.287 e. The molecule has 0 unspecified atom stereocenters. The van der Waals surface area contributed by atoms with Crippen molar-refractivity contribution in [3.05, 3.63) is 62.6 Å². The number of nitriles is 1. The van der Waals surface area contributed by atoms with Crippen LogP contribution in [0, 0.1) is 21.4 Å². The molecule has 2 rings (SSSR count). The lowest BCUT2D eigenvalue weighted by molar-refractivity contribution is -0.385. The molecule has 0 atom stereocenters. The summed E-state index contributed by atoms with van der Waals surface area (Å²) in [5, 5.41) is 19.6. The molecule has 19 heavy (non-hydrogen) atoms. The molecule has 2 aromatic rings. The van der Waals surface area contributed by atoms with Gasteiger partial charge in [0.25, 0.3) is 5.69 Å². The first-order valence-electron chi connectivity index (χ1n) is 5.22. The van der Waals surface area contributed by atoms with E-state index in [9.17, 15) is 10.1 Å². The Bertz CT molecular complexity index is 663. The quantitative estimate of drug-likeness (QED) is 0.632. The second kappa shape index (κ2) is 5.50. The van der Waals surface area contributed by atoms with E-state index in [4.69, 9.17) is 10.00 Å². The minimum atomic E-state index is -0.595. The summed E-state index contributed by atoms with van der Waals surface area (Å²) in [7, 11) is 0. The van der Waals surface area contributed by atoms with E-state index in [0.29, 0.717) is 11.5 Å². The lowest BCUT2D eigenvalue weighted by Crippen LogP contribution is -1.93. The Morgan fingerprint density at radius 2 is 1.79 bits per heavy atom. The minimum absolute atomic E-state index is 0.0281. The monoisotopic (exact) mass is 318 g/mol. The smallest absolute Gasteiger partial charge is 0.287 e. The van der Waals surface area contributed by atoms with Crippen LogP contribution in [0.1, 0.15) is 5.56 Å². The summed E-state index contributed by atoms with van der Waals surface area (Å²) in [5.41, 5.74) is -0.259. The molecule has 0 saturated heterocycles. The van der Waals surface area contributed by atoms with Gasteiger partial charge in [-0.15, -0.1) is 0 Å². The van der Waals surface area contributed by atoms with Crippen molar-refractivity contribution in [2.75, 3.05) is 0 Å². The summed E-state index contributed by atoms with van der Waals surface area (Å²) in [4.78, 5) is 10.1. The van der Waals surface area contributed by atoms with Crippen molar-refractivity contribution in [3.63, 3.8) is 0 Å². The van der Waals surface area contributed by atoms with E-state index < -0.39 is 4.92 Å². The van der Waals surface area contributed by atoms with E-state index in [0.717, 1.165) is 4.47 Å². The fourth-order valence-electron chi connectivity index (χ4n) is 1.47.